The Balaban J connectivity index is 2.25. The molecule has 5 nitrogen and oxygen atoms in total. The van der Waals surface area contributed by atoms with Gasteiger partial charge in [-0.3, -0.25) is 9.59 Å². The fourth-order valence-corrected chi connectivity index (χ4v) is 2.17. The molecule has 1 unspecified atom stereocenters. The van der Waals surface area contributed by atoms with Gasteiger partial charge in [-0.1, -0.05) is 24.9 Å². The van der Waals surface area contributed by atoms with E-state index in [4.69, 9.17) is 17.3 Å². The standard InChI is InChI=1S/C16H24ClN3O2/c1-3-10-16(2,18)15(22)19-11-4-5-14(21)20-13-8-6-12(17)7-9-13/h6-9H,3-5,10-11,18H2,1-2H3,(H,19,22)(H,20,21). The first-order valence-corrected chi connectivity index (χ1v) is 7.85. The van der Waals surface area contributed by atoms with E-state index in [1.54, 1.807) is 31.2 Å². The number of halogens is 1. The van der Waals surface area contributed by atoms with E-state index in [0.717, 1.165) is 6.42 Å². The normalized spacial score (nSPS) is 13.3. The van der Waals surface area contributed by atoms with Gasteiger partial charge in [0.1, 0.15) is 0 Å². The number of nitrogens with two attached hydrogens (primary N) is 1. The van der Waals surface area contributed by atoms with Gasteiger partial charge in [0.05, 0.1) is 5.54 Å². The second-order valence-corrected chi connectivity index (χ2v) is 6.02. The molecule has 1 rings (SSSR count). The van der Waals surface area contributed by atoms with Gasteiger partial charge in [0, 0.05) is 23.7 Å². The number of anilines is 1. The molecule has 0 spiro atoms. The van der Waals surface area contributed by atoms with Gasteiger partial charge < -0.3 is 16.4 Å². The molecule has 0 fully saturated rings. The van der Waals surface area contributed by atoms with Crippen molar-refractivity contribution >= 4 is 29.1 Å². The first-order valence-electron chi connectivity index (χ1n) is 7.48. The highest BCUT2D eigenvalue weighted by atomic mass is 35.5. The third kappa shape index (κ3) is 6.45. The van der Waals surface area contributed by atoms with Crippen molar-refractivity contribution in [2.75, 3.05) is 11.9 Å². The molecule has 0 aliphatic rings. The topological polar surface area (TPSA) is 84.2 Å². The van der Waals surface area contributed by atoms with Crippen LogP contribution in [0.1, 0.15) is 39.5 Å². The van der Waals surface area contributed by atoms with E-state index in [9.17, 15) is 9.59 Å². The summed E-state index contributed by atoms with van der Waals surface area (Å²) in [6.07, 6.45) is 2.38. The van der Waals surface area contributed by atoms with Crippen molar-refractivity contribution in [1.29, 1.82) is 0 Å². The molecule has 1 aromatic rings. The van der Waals surface area contributed by atoms with Crippen LogP contribution in [0.5, 0.6) is 0 Å². The van der Waals surface area contributed by atoms with Crippen LogP contribution in [0.4, 0.5) is 5.69 Å². The van der Waals surface area contributed by atoms with Crippen LogP contribution in [-0.4, -0.2) is 23.9 Å². The predicted octanol–water partition coefficient (Wildman–Crippen LogP) is 2.69. The highest BCUT2D eigenvalue weighted by molar-refractivity contribution is 6.30. The van der Waals surface area contributed by atoms with Crippen molar-refractivity contribution in [2.45, 2.75) is 45.1 Å². The SMILES string of the molecule is CCCC(C)(N)C(=O)NCCCC(=O)Nc1ccc(Cl)cc1. The van der Waals surface area contributed by atoms with Crippen molar-refractivity contribution in [1.82, 2.24) is 5.32 Å². The van der Waals surface area contributed by atoms with Crippen LogP contribution < -0.4 is 16.4 Å². The zero-order valence-electron chi connectivity index (χ0n) is 13.1. The molecule has 1 atom stereocenters. The molecule has 0 saturated heterocycles. The van der Waals surface area contributed by atoms with E-state index in [1.165, 1.54) is 0 Å². The molecule has 0 radical (unpaired) electrons. The van der Waals surface area contributed by atoms with Gasteiger partial charge in [-0.05, 0) is 44.0 Å². The van der Waals surface area contributed by atoms with Crippen LogP contribution in [0.3, 0.4) is 0 Å². The summed E-state index contributed by atoms with van der Waals surface area (Å²) < 4.78 is 0. The average molecular weight is 326 g/mol. The van der Waals surface area contributed by atoms with Gasteiger partial charge in [0.25, 0.3) is 0 Å². The Morgan fingerprint density at radius 2 is 1.91 bits per heavy atom. The maximum Gasteiger partial charge on any atom is 0.239 e. The van der Waals surface area contributed by atoms with Crippen molar-refractivity contribution < 1.29 is 9.59 Å². The average Bonchev–Trinajstić information content (AvgIpc) is 2.45. The Bertz CT molecular complexity index is 501. The lowest BCUT2D eigenvalue weighted by Crippen LogP contribution is -2.51. The highest BCUT2D eigenvalue weighted by Gasteiger charge is 2.26. The van der Waals surface area contributed by atoms with Gasteiger partial charge in [0.2, 0.25) is 11.8 Å². The largest absolute Gasteiger partial charge is 0.354 e. The maximum absolute atomic E-state index is 11.9. The number of carbonyl (C=O) groups excluding carboxylic acids is 2. The Kier molecular flexibility index (Phi) is 7.35. The lowest BCUT2D eigenvalue weighted by Gasteiger charge is -2.22. The fourth-order valence-electron chi connectivity index (χ4n) is 2.04. The van der Waals surface area contributed by atoms with Crippen LogP contribution in [-0.2, 0) is 9.59 Å². The summed E-state index contributed by atoms with van der Waals surface area (Å²) in [6.45, 7) is 4.14. The molecule has 122 valence electrons. The van der Waals surface area contributed by atoms with Crippen molar-refractivity contribution in [3.63, 3.8) is 0 Å². The molecule has 6 heteroatoms. The Morgan fingerprint density at radius 1 is 1.27 bits per heavy atom. The van der Waals surface area contributed by atoms with Crippen molar-refractivity contribution in [2.24, 2.45) is 5.73 Å². The molecule has 22 heavy (non-hydrogen) atoms. The molecule has 0 aliphatic heterocycles. The number of rotatable bonds is 8. The minimum atomic E-state index is -0.847. The van der Waals surface area contributed by atoms with Gasteiger partial charge >= 0.3 is 0 Å². The summed E-state index contributed by atoms with van der Waals surface area (Å²) in [7, 11) is 0. The van der Waals surface area contributed by atoms with Crippen molar-refractivity contribution in [3.05, 3.63) is 29.3 Å². The van der Waals surface area contributed by atoms with Crippen LogP contribution in [0.2, 0.25) is 5.02 Å². The molecular formula is C16H24ClN3O2. The summed E-state index contributed by atoms with van der Waals surface area (Å²) >= 11 is 5.78. The fraction of sp³-hybridized carbons (Fsp3) is 0.500. The minimum Gasteiger partial charge on any atom is -0.354 e. The molecule has 4 N–H and O–H groups in total. The van der Waals surface area contributed by atoms with E-state index in [0.29, 0.717) is 36.5 Å². The first kappa shape index (κ1) is 18.5. The summed E-state index contributed by atoms with van der Waals surface area (Å²) in [6, 6.07) is 6.92. The summed E-state index contributed by atoms with van der Waals surface area (Å²) in [5.74, 6) is -0.270. The molecule has 0 aliphatic carbocycles. The number of amides is 2. The Hall–Kier alpha value is -1.59. The van der Waals surface area contributed by atoms with Crippen LogP contribution in [0.25, 0.3) is 0 Å². The number of carbonyl (C=O) groups is 2. The third-order valence-corrected chi connectivity index (χ3v) is 3.53. The first-order chi connectivity index (χ1) is 10.3. The second-order valence-electron chi connectivity index (χ2n) is 5.58. The third-order valence-electron chi connectivity index (χ3n) is 3.28. The summed E-state index contributed by atoms with van der Waals surface area (Å²) in [5.41, 5.74) is 5.78. The zero-order valence-corrected chi connectivity index (χ0v) is 13.9. The number of benzene rings is 1. The Labute approximate surface area is 136 Å². The van der Waals surface area contributed by atoms with Gasteiger partial charge in [-0.2, -0.15) is 0 Å². The van der Waals surface area contributed by atoms with Gasteiger partial charge in [-0.25, -0.2) is 0 Å². The summed E-state index contributed by atoms with van der Waals surface area (Å²) in [5, 5.41) is 6.17. The van der Waals surface area contributed by atoms with Crippen LogP contribution in [0.15, 0.2) is 24.3 Å². The number of hydrogen-bond donors (Lipinski definition) is 3. The zero-order chi connectivity index (χ0) is 16.6. The van der Waals surface area contributed by atoms with Gasteiger partial charge in [-0.15, -0.1) is 0 Å². The van der Waals surface area contributed by atoms with Gasteiger partial charge in [0.15, 0.2) is 0 Å². The predicted molar refractivity (Wildman–Crippen MR) is 89.8 cm³/mol. The molecular weight excluding hydrogens is 302 g/mol. The monoisotopic (exact) mass is 325 g/mol. The smallest absolute Gasteiger partial charge is 0.239 e. The lowest BCUT2D eigenvalue weighted by molar-refractivity contribution is -0.126. The number of nitrogens with one attached hydrogen (secondary N) is 2. The summed E-state index contributed by atoms with van der Waals surface area (Å²) in [4.78, 5) is 23.6. The minimum absolute atomic E-state index is 0.0966. The van der Waals surface area contributed by atoms with Crippen molar-refractivity contribution in [3.8, 4) is 0 Å². The molecule has 1 aromatic carbocycles. The van der Waals surface area contributed by atoms with E-state index in [2.05, 4.69) is 10.6 Å². The molecule has 0 heterocycles. The molecule has 0 bridgehead atoms. The number of hydrogen-bond acceptors (Lipinski definition) is 3. The quantitative estimate of drug-likeness (QED) is 0.642. The van der Waals surface area contributed by atoms with Crippen LogP contribution in [0, 0.1) is 0 Å². The van der Waals surface area contributed by atoms with E-state index in [1.807, 2.05) is 6.92 Å². The van der Waals surface area contributed by atoms with E-state index in [-0.39, 0.29) is 11.8 Å². The lowest BCUT2D eigenvalue weighted by atomic mass is 9.96. The molecule has 0 aromatic heterocycles. The Morgan fingerprint density at radius 3 is 2.50 bits per heavy atom. The van der Waals surface area contributed by atoms with Crippen LogP contribution >= 0.6 is 11.6 Å². The molecule has 2 amide bonds. The van der Waals surface area contributed by atoms with E-state index >= 15 is 0 Å². The molecule has 0 saturated carbocycles. The van der Waals surface area contributed by atoms with E-state index < -0.39 is 5.54 Å². The maximum atomic E-state index is 11.9. The second kappa shape index (κ2) is 8.76. The highest BCUT2D eigenvalue weighted by Crippen LogP contribution is 2.13.